The fourth-order valence-corrected chi connectivity index (χ4v) is 4.83. The third kappa shape index (κ3) is 2.48. The Hall–Kier alpha value is -2.17. The van der Waals surface area contributed by atoms with E-state index in [2.05, 4.69) is 5.16 Å². The molecule has 5 rings (SSSR count). The maximum absolute atomic E-state index is 13.6. The second-order valence-electron chi connectivity index (χ2n) is 7.59. The zero-order valence-corrected chi connectivity index (χ0v) is 14.1. The van der Waals surface area contributed by atoms with Gasteiger partial charge >= 0.3 is 0 Å². The van der Waals surface area contributed by atoms with Crippen molar-refractivity contribution in [2.75, 3.05) is 6.54 Å². The van der Waals surface area contributed by atoms with Gasteiger partial charge in [0.1, 0.15) is 17.3 Å². The van der Waals surface area contributed by atoms with Crippen molar-refractivity contribution in [3.63, 3.8) is 0 Å². The highest BCUT2D eigenvalue weighted by Gasteiger charge is 2.56. The lowest BCUT2D eigenvalue weighted by Gasteiger charge is -2.26. The minimum atomic E-state index is -0.292. The number of nitrogens with zero attached hydrogens (tertiary/aromatic N) is 2. The lowest BCUT2D eigenvalue weighted by molar-refractivity contribution is -0.134. The molecule has 0 N–H and O–H groups in total. The van der Waals surface area contributed by atoms with Crippen molar-refractivity contribution in [2.24, 2.45) is 17.8 Å². The molecule has 4 nitrogen and oxygen atoms in total. The summed E-state index contributed by atoms with van der Waals surface area (Å²) in [4.78, 5) is 14.9. The molecule has 2 heterocycles. The van der Waals surface area contributed by atoms with Crippen LogP contribution >= 0.6 is 0 Å². The van der Waals surface area contributed by atoms with E-state index in [1.165, 1.54) is 37.8 Å². The zero-order chi connectivity index (χ0) is 17.0. The summed E-state index contributed by atoms with van der Waals surface area (Å²) in [6.45, 7) is 1.22. The van der Waals surface area contributed by atoms with Crippen LogP contribution in [0.3, 0.4) is 0 Å². The number of hydrogen-bond acceptors (Lipinski definition) is 3. The Labute approximate surface area is 146 Å². The monoisotopic (exact) mass is 340 g/mol. The Bertz CT molecular complexity index is 819. The van der Waals surface area contributed by atoms with E-state index < -0.39 is 0 Å². The van der Waals surface area contributed by atoms with Crippen LogP contribution in [-0.2, 0) is 17.8 Å². The zero-order valence-electron chi connectivity index (χ0n) is 14.1. The smallest absolute Gasteiger partial charge is 0.226 e. The van der Waals surface area contributed by atoms with Crippen LogP contribution in [0, 0.1) is 23.6 Å². The number of rotatable bonds is 2. The molecular weight excluding hydrogens is 319 g/mol. The second-order valence-corrected chi connectivity index (χ2v) is 7.59. The van der Waals surface area contributed by atoms with Crippen molar-refractivity contribution >= 4 is 5.91 Å². The van der Waals surface area contributed by atoms with Crippen LogP contribution in [0.2, 0.25) is 0 Å². The SMILES string of the molecule is O=C(C1C2CCCCC21)N1CCc2onc(-c3cccc(F)c3)c2C1. The highest BCUT2D eigenvalue weighted by atomic mass is 19.1. The van der Waals surface area contributed by atoms with Crippen LogP contribution in [-0.4, -0.2) is 22.5 Å². The van der Waals surface area contributed by atoms with Crippen LogP contribution in [0.4, 0.5) is 4.39 Å². The molecule has 0 saturated heterocycles. The van der Waals surface area contributed by atoms with Crippen LogP contribution in [0.5, 0.6) is 0 Å². The van der Waals surface area contributed by atoms with Crippen molar-refractivity contribution in [1.82, 2.24) is 10.1 Å². The van der Waals surface area contributed by atoms with E-state index in [0.29, 0.717) is 48.5 Å². The first-order valence-corrected chi connectivity index (χ1v) is 9.24. The van der Waals surface area contributed by atoms with Gasteiger partial charge in [0, 0.05) is 30.0 Å². The number of fused-ring (bicyclic) bond motifs is 2. The van der Waals surface area contributed by atoms with Crippen LogP contribution in [0.1, 0.15) is 37.0 Å². The van der Waals surface area contributed by atoms with E-state index in [4.69, 9.17) is 4.52 Å². The number of carbonyl (C=O) groups excluding carboxylic acids is 1. The molecule has 3 aliphatic rings. The van der Waals surface area contributed by atoms with Crippen molar-refractivity contribution in [3.05, 3.63) is 41.4 Å². The number of halogens is 1. The number of carbonyl (C=O) groups is 1. The molecule has 1 aliphatic heterocycles. The number of amides is 1. The molecule has 0 radical (unpaired) electrons. The van der Waals surface area contributed by atoms with Gasteiger partial charge in [-0.2, -0.15) is 0 Å². The Morgan fingerprint density at radius 1 is 1.24 bits per heavy atom. The maximum Gasteiger partial charge on any atom is 0.226 e. The topological polar surface area (TPSA) is 46.3 Å². The van der Waals surface area contributed by atoms with Gasteiger partial charge in [0.05, 0.1) is 6.54 Å². The summed E-state index contributed by atoms with van der Waals surface area (Å²) in [5.41, 5.74) is 2.31. The first-order valence-electron chi connectivity index (χ1n) is 9.24. The molecule has 1 amide bonds. The molecule has 0 bridgehead atoms. The van der Waals surface area contributed by atoms with Gasteiger partial charge < -0.3 is 9.42 Å². The van der Waals surface area contributed by atoms with Crippen molar-refractivity contribution < 1.29 is 13.7 Å². The maximum atomic E-state index is 13.6. The number of benzene rings is 1. The average molecular weight is 340 g/mol. The Balaban J connectivity index is 1.39. The quantitative estimate of drug-likeness (QED) is 0.835. The molecule has 0 spiro atoms. The molecule has 1 aromatic heterocycles. The Morgan fingerprint density at radius 3 is 2.80 bits per heavy atom. The van der Waals surface area contributed by atoms with Gasteiger partial charge in [-0.15, -0.1) is 0 Å². The first-order chi connectivity index (χ1) is 12.2. The van der Waals surface area contributed by atoms with E-state index >= 15 is 0 Å². The molecule has 25 heavy (non-hydrogen) atoms. The number of hydrogen-bond donors (Lipinski definition) is 0. The molecule has 5 heteroatoms. The van der Waals surface area contributed by atoms with E-state index in [1.54, 1.807) is 6.07 Å². The fourth-order valence-electron chi connectivity index (χ4n) is 4.83. The van der Waals surface area contributed by atoms with Crippen LogP contribution in [0.15, 0.2) is 28.8 Å². The van der Waals surface area contributed by atoms with Crippen molar-refractivity contribution in [1.29, 1.82) is 0 Å². The second kappa shape index (κ2) is 5.68. The molecule has 1 aromatic carbocycles. The van der Waals surface area contributed by atoms with Gasteiger partial charge in [0.2, 0.25) is 5.91 Å². The average Bonchev–Trinajstić information content (AvgIpc) is 3.21. The Kier molecular flexibility index (Phi) is 3.43. The molecule has 2 aliphatic carbocycles. The summed E-state index contributed by atoms with van der Waals surface area (Å²) >= 11 is 0. The summed E-state index contributed by atoms with van der Waals surface area (Å²) in [6.07, 6.45) is 5.64. The largest absolute Gasteiger partial charge is 0.360 e. The van der Waals surface area contributed by atoms with Gasteiger partial charge in [-0.25, -0.2) is 4.39 Å². The van der Waals surface area contributed by atoms with Crippen molar-refractivity contribution in [3.8, 4) is 11.3 Å². The summed E-state index contributed by atoms with van der Waals surface area (Å²) < 4.78 is 19.0. The molecule has 130 valence electrons. The normalized spacial score (nSPS) is 27.6. The van der Waals surface area contributed by atoms with Gasteiger partial charge in [0.25, 0.3) is 0 Å². The third-order valence-corrected chi connectivity index (χ3v) is 6.18. The van der Waals surface area contributed by atoms with E-state index in [1.807, 2.05) is 11.0 Å². The standard InChI is InChI=1S/C20H21FN2O2/c21-13-5-3-4-12(10-13)19-16-11-23(9-8-17(16)25-22-19)20(24)18-14-6-1-2-7-15(14)18/h3-5,10,14-15,18H,1-2,6-9,11H2. The van der Waals surface area contributed by atoms with Crippen LogP contribution < -0.4 is 0 Å². The van der Waals surface area contributed by atoms with Gasteiger partial charge in [-0.1, -0.05) is 30.1 Å². The molecule has 2 aromatic rings. The lowest BCUT2D eigenvalue weighted by atomic mass is 10.0. The summed E-state index contributed by atoms with van der Waals surface area (Å²) in [6, 6.07) is 6.39. The fraction of sp³-hybridized carbons (Fsp3) is 0.500. The molecule has 2 saturated carbocycles. The molecule has 2 atom stereocenters. The molecular formula is C20H21FN2O2. The van der Waals surface area contributed by atoms with E-state index in [-0.39, 0.29) is 11.7 Å². The number of aromatic nitrogens is 1. The highest BCUT2D eigenvalue weighted by Crippen LogP contribution is 2.56. The molecule has 2 unspecified atom stereocenters. The Morgan fingerprint density at radius 2 is 2.04 bits per heavy atom. The van der Waals surface area contributed by atoms with Gasteiger partial charge in [0.15, 0.2) is 0 Å². The van der Waals surface area contributed by atoms with Crippen molar-refractivity contribution in [2.45, 2.75) is 38.6 Å². The summed E-state index contributed by atoms with van der Waals surface area (Å²) in [5, 5.41) is 4.16. The lowest BCUT2D eigenvalue weighted by Crippen LogP contribution is -2.37. The minimum Gasteiger partial charge on any atom is -0.360 e. The third-order valence-electron chi connectivity index (χ3n) is 6.18. The van der Waals surface area contributed by atoms with E-state index in [9.17, 15) is 9.18 Å². The predicted octanol–water partition coefficient (Wildman–Crippen LogP) is 3.80. The summed E-state index contributed by atoms with van der Waals surface area (Å²) in [5.74, 6) is 2.31. The van der Waals surface area contributed by atoms with Gasteiger partial charge in [-0.05, 0) is 36.8 Å². The predicted molar refractivity (Wildman–Crippen MR) is 90.0 cm³/mol. The minimum absolute atomic E-state index is 0.238. The molecule has 2 fully saturated rings. The van der Waals surface area contributed by atoms with E-state index in [0.717, 1.165) is 11.3 Å². The summed E-state index contributed by atoms with van der Waals surface area (Å²) in [7, 11) is 0. The van der Waals surface area contributed by atoms with Gasteiger partial charge in [-0.3, -0.25) is 4.79 Å². The first kappa shape index (κ1) is 15.1. The highest BCUT2D eigenvalue weighted by molar-refractivity contribution is 5.83. The van der Waals surface area contributed by atoms with Crippen LogP contribution in [0.25, 0.3) is 11.3 Å².